The van der Waals surface area contributed by atoms with Crippen LogP contribution in [-0.4, -0.2) is 69.4 Å². The minimum Gasteiger partial charge on any atom is -0.497 e. The topological polar surface area (TPSA) is 81.8 Å². The van der Waals surface area contributed by atoms with Gasteiger partial charge in [-0.2, -0.15) is 0 Å². The maximum atomic E-state index is 13.4. The van der Waals surface area contributed by atoms with Crippen LogP contribution in [0.5, 0.6) is 5.75 Å². The Morgan fingerprint density at radius 2 is 1.75 bits per heavy atom. The van der Waals surface area contributed by atoms with Gasteiger partial charge < -0.3 is 14.6 Å². The highest BCUT2D eigenvalue weighted by Gasteiger charge is 2.56. The van der Waals surface area contributed by atoms with Crippen molar-refractivity contribution < 1.29 is 14.3 Å². The van der Waals surface area contributed by atoms with Crippen LogP contribution in [0.4, 0.5) is 4.79 Å². The van der Waals surface area contributed by atoms with Crippen LogP contribution in [0, 0.1) is 0 Å². The number of methoxy groups -OCH3 is 1. The number of likely N-dealkylation sites (N-methyl/N-ethyl adjacent to an activating group) is 1. The zero-order valence-electron chi connectivity index (χ0n) is 18.4. The van der Waals surface area contributed by atoms with E-state index >= 15 is 0 Å². The minimum atomic E-state index is -0.756. The summed E-state index contributed by atoms with van der Waals surface area (Å²) in [6.07, 6.45) is 1.24. The van der Waals surface area contributed by atoms with Crippen molar-refractivity contribution in [3.05, 3.63) is 59.9 Å². The number of para-hydroxylation sites is 2. The van der Waals surface area contributed by atoms with Gasteiger partial charge in [0.15, 0.2) is 0 Å². The van der Waals surface area contributed by atoms with E-state index in [1.54, 1.807) is 19.1 Å². The Hall–Kier alpha value is -3.39. The number of benzene rings is 2. The number of hydrogen-bond acceptors (Lipinski definition) is 5. The summed E-state index contributed by atoms with van der Waals surface area (Å²) in [5.41, 5.74) is 2.14. The number of fused-ring (bicyclic) bond motifs is 1. The van der Waals surface area contributed by atoms with Crippen LogP contribution in [0.1, 0.15) is 24.2 Å². The standard InChI is InChI=1S/C24H27N5O3/c1-27-23(31)29(15-17-7-9-18(32-2)10-8-17)22(30)24(27)11-13-28(14-12-24)16-21-25-19-5-3-4-6-20(19)26-21/h3-10H,11-16H2,1-2H3,(H,25,26). The molecule has 3 aromatic rings. The number of imidazole rings is 1. The van der Waals surface area contributed by atoms with Crippen molar-refractivity contribution in [2.24, 2.45) is 0 Å². The van der Waals surface area contributed by atoms with Crippen LogP contribution in [0.15, 0.2) is 48.5 Å². The van der Waals surface area contributed by atoms with Gasteiger partial charge in [0.25, 0.3) is 5.91 Å². The van der Waals surface area contributed by atoms with Gasteiger partial charge >= 0.3 is 6.03 Å². The number of amides is 3. The molecule has 5 rings (SSSR count). The van der Waals surface area contributed by atoms with Gasteiger partial charge in [0.1, 0.15) is 17.1 Å². The Kier molecular flexibility index (Phi) is 5.09. The zero-order chi connectivity index (χ0) is 22.3. The number of hydrogen-bond donors (Lipinski definition) is 1. The van der Waals surface area contributed by atoms with E-state index in [1.807, 2.05) is 48.5 Å². The number of rotatable bonds is 5. The molecule has 1 spiro atoms. The monoisotopic (exact) mass is 433 g/mol. The molecule has 0 aliphatic carbocycles. The number of H-pyrrole nitrogens is 1. The lowest BCUT2D eigenvalue weighted by Crippen LogP contribution is -2.55. The summed E-state index contributed by atoms with van der Waals surface area (Å²) in [4.78, 5) is 39.7. The second-order valence-electron chi connectivity index (χ2n) is 8.59. The van der Waals surface area contributed by atoms with Gasteiger partial charge in [0.05, 0.1) is 31.2 Å². The molecule has 0 bridgehead atoms. The van der Waals surface area contributed by atoms with E-state index in [0.29, 0.717) is 19.4 Å². The van der Waals surface area contributed by atoms with Gasteiger partial charge in [-0.1, -0.05) is 24.3 Å². The van der Waals surface area contributed by atoms with Crippen LogP contribution in [0.2, 0.25) is 0 Å². The molecule has 2 aliphatic rings. The molecular weight excluding hydrogens is 406 g/mol. The lowest BCUT2D eigenvalue weighted by Gasteiger charge is -2.40. The smallest absolute Gasteiger partial charge is 0.327 e. The highest BCUT2D eigenvalue weighted by Crippen LogP contribution is 2.37. The molecule has 2 fully saturated rings. The highest BCUT2D eigenvalue weighted by atomic mass is 16.5. The van der Waals surface area contributed by atoms with Crippen molar-refractivity contribution in [3.63, 3.8) is 0 Å². The average molecular weight is 434 g/mol. The summed E-state index contributed by atoms with van der Waals surface area (Å²) < 4.78 is 5.19. The lowest BCUT2D eigenvalue weighted by molar-refractivity contribution is -0.135. The number of ether oxygens (including phenoxy) is 1. The van der Waals surface area contributed by atoms with Gasteiger partial charge in [-0.25, -0.2) is 9.78 Å². The van der Waals surface area contributed by atoms with Gasteiger partial charge in [0, 0.05) is 20.1 Å². The van der Waals surface area contributed by atoms with E-state index in [-0.39, 0.29) is 18.5 Å². The normalized spacial score (nSPS) is 18.8. The predicted octanol–water partition coefficient (Wildman–Crippen LogP) is 3.00. The fourth-order valence-corrected chi connectivity index (χ4v) is 4.82. The number of nitrogens with one attached hydrogen (secondary N) is 1. The molecule has 0 saturated carbocycles. The van der Waals surface area contributed by atoms with Crippen molar-refractivity contribution in [2.45, 2.75) is 31.5 Å². The van der Waals surface area contributed by atoms with Crippen LogP contribution in [0.3, 0.4) is 0 Å². The highest BCUT2D eigenvalue weighted by molar-refractivity contribution is 6.06. The number of imide groups is 1. The summed E-state index contributed by atoms with van der Waals surface area (Å²) >= 11 is 0. The molecule has 32 heavy (non-hydrogen) atoms. The van der Waals surface area contributed by atoms with Crippen LogP contribution in [0.25, 0.3) is 11.0 Å². The number of nitrogens with zero attached hydrogens (tertiary/aromatic N) is 4. The van der Waals surface area contributed by atoms with Crippen molar-refractivity contribution in [3.8, 4) is 5.75 Å². The zero-order valence-corrected chi connectivity index (χ0v) is 18.4. The van der Waals surface area contributed by atoms with E-state index < -0.39 is 5.54 Å². The molecule has 3 amide bonds. The number of piperidine rings is 1. The molecule has 0 radical (unpaired) electrons. The SMILES string of the molecule is COc1ccc(CN2C(=O)N(C)C3(CCN(Cc4nc5ccccc5[nH]4)CC3)C2=O)cc1. The number of carbonyl (C=O) groups is 2. The first-order chi connectivity index (χ1) is 15.5. The molecule has 2 saturated heterocycles. The summed E-state index contributed by atoms with van der Waals surface area (Å²) in [7, 11) is 3.37. The fraction of sp³-hybridized carbons (Fsp3) is 0.375. The maximum Gasteiger partial charge on any atom is 0.327 e. The van der Waals surface area contributed by atoms with Crippen LogP contribution in [-0.2, 0) is 17.9 Å². The molecular formula is C24H27N5O3. The number of likely N-dealkylation sites (tertiary alicyclic amines) is 1. The first-order valence-electron chi connectivity index (χ1n) is 10.9. The first kappa shape index (κ1) is 20.5. The molecule has 0 unspecified atom stereocenters. The molecule has 0 atom stereocenters. The predicted molar refractivity (Wildman–Crippen MR) is 120 cm³/mol. The number of aromatic amines is 1. The van der Waals surface area contributed by atoms with Crippen molar-refractivity contribution in [1.29, 1.82) is 0 Å². The van der Waals surface area contributed by atoms with Crippen molar-refractivity contribution in [1.82, 2.24) is 24.7 Å². The molecule has 1 N–H and O–H groups in total. The average Bonchev–Trinajstić information content (AvgIpc) is 3.30. The maximum absolute atomic E-state index is 13.4. The number of urea groups is 1. The van der Waals surface area contributed by atoms with Crippen molar-refractivity contribution >= 4 is 23.0 Å². The van der Waals surface area contributed by atoms with Crippen LogP contribution >= 0.6 is 0 Å². The van der Waals surface area contributed by atoms with Crippen molar-refractivity contribution in [2.75, 3.05) is 27.2 Å². The second kappa shape index (κ2) is 7.94. The molecule has 2 aromatic carbocycles. The minimum absolute atomic E-state index is 0.0933. The first-order valence-corrected chi connectivity index (χ1v) is 10.9. The Bertz CT molecular complexity index is 1110. The fourth-order valence-electron chi connectivity index (χ4n) is 4.82. The third-order valence-corrected chi connectivity index (χ3v) is 6.80. The Morgan fingerprint density at radius 3 is 2.44 bits per heavy atom. The van der Waals surface area contributed by atoms with Crippen LogP contribution < -0.4 is 4.74 Å². The van der Waals surface area contributed by atoms with Gasteiger partial charge in [0.2, 0.25) is 0 Å². The molecule has 166 valence electrons. The third kappa shape index (κ3) is 3.40. The second-order valence-corrected chi connectivity index (χ2v) is 8.59. The Morgan fingerprint density at radius 1 is 1.03 bits per heavy atom. The summed E-state index contributed by atoms with van der Waals surface area (Å²) in [5, 5.41) is 0. The number of carbonyl (C=O) groups excluding carboxylic acids is 2. The van der Waals surface area contributed by atoms with E-state index in [0.717, 1.165) is 41.3 Å². The molecule has 8 nitrogen and oxygen atoms in total. The quantitative estimate of drug-likeness (QED) is 0.626. The largest absolute Gasteiger partial charge is 0.497 e. The number of aromatic nitrogens is 2. The van der Waals surface area contributed by atoms with Gasteiger partial charge in [-0.3, -0.25) is 14.6 Å². The summed E-state index contributed by atoms with van der Waals surface area (Å²) in [6, 6.07) is 15.2. The molecule has 1 aromatic heterocycles. The van der Waals surface area contributed by atoms with E-state index in [4.69, 9.17) is 4.74 Å². The molecule has 8 heteroatoms. The van der Waals surface area contributed by atoms with Gasteiger partial charge in [-0.05, 0) is 42.7 Å². The Labute approximate surface area is 186 Å². The van der Waals surface area contributed by atoms with Gasteiger partial charge in [-0.15, -0.1) is 0 Å². The summed E-state index contributed by atoms with van der Waals surface area (Å²) in [6.45, 7) is 2.44. The summed E-state index contributed by atoms with van der Waals surface area (Å²) in [5.74, 6) is 1.58. The third-order valence-electron chi connectivity index (χ3n) is 6.80. The lowest BCUT2D eigenvalue weighted by atomic mass is 9.86. The molecule has 2 aliphatic heterocycles. The van der Waals surface area contributed by atoms with E-state index in [2.05, 4.69) is 14.9 Å². The van der Waals surface area contributed by atoms with E-state index in [1.165, 1.54) is 4.90 Å². The molecule has 3 heterocycles. The Balaban J connectivity index is 1.26. The van der Waals surface area contributed by atoms with E-state index in [9.17, 15) is 9.59 Å².